The Morgan fingerprint density at radius 1 is 0.958 bits per heavy atom. The van der Waals surface area contributed by atoms with Gasteiger partial charge in [0.15, 0.2) is 11.6 Å². The van der Waals surface area contributed by atoms with Crippen molar-refractivity contribution < 1.29 is 23.3 Å². The van der Waals surface area contributed by atoms with Crippen LogP contribution >= 0.6 is 8.25 Å². The number of aromatic amines is 2. The molecule has 2 rings (SSSR count). The van der Waals surface area contributed by atoms with Crippen molar-refractivity contribution in [3.05, 3.63) is 24.3 Å². The number of aromatic nitrogens is 6. The molecular weight excluding hydrogens is 343 g/mol. The lowest BCUT2D eigenvalue weighted by Crippen LogP contribution is -2.13. The van der Waals surface area contributed by atoms with E-state index in [1.54, 1.807) is 0 Å². The Morgan fingerprint density at radius 2 is 1.42 bits per heavy atom. The second kappa shape index (κ2) is 10.1. The smallest absolute Gasteiger partial charge is 0.293 e. The Morgan fingerprint density at radius 3 is 1.75 bits per heavy atom. The zero-order chi connectivity index (χ0) is 17.2. The first-order valence-electron chi connectivity index (χ1n) is 6.89. The summed E-state index contributed by atoms with van der Waals surface area (Å²) in [5, 5.41) is 12.6. The van der Waals surface area contributed by atoms with Crippen molar-refractivity contribution in [1.82, 2.24) is 30.4 Å². The first kappa shape index (κ1) is 18.5. The van der Waals surface area contributed by atoms with Crippen LogP contribution in [0.2, 0.25) is 0 Å². The summed E-state index contributed by atoms with van der Waals surface area (Å²) in [6.07, 6.45) is 2.22. The standard InChI is InChI=1S/C10H18N8O5P/c11-22-7(9-13-5-15-17-9)1-3-20-24(19)21-4-2-8(23-12)10-14-6-16-18-10/h5-8H,1-4,11-12H2,(H,13,15,17)(H,14,16,18)/q+1. The number of nitrogens with two attached hydrogens (primary N) is 2. The number of hydrogen-bond donors (Lipinski definition) is 4. The minimum Gasteiger partial charge on any atom is -0.293 e. The molecule has 0 amide bonds. The summed E-state index contributed by atoms with van der Waals surface area (Å²) in [6.45, 7) is 0.188. The molecule has 24 heavy (non-hydrogen) atoms. The molecule has 0 aliphatic rings. The summed E-state index contributed by atoms with van der Waals surface area (Å²) in [5.74, 6) is 11.2. The molecule has 0 saturated heterocycles. The number of rotatable bonds is 12. The van der Waals surface area contributed by atoms with Gasteiger partial charge in [0.25, 0.3) is 0 Å². The van der Waals surface area contributed by atoms with Crippen LogP contribution in [0, 0.1) is 0 Å². The molecule has 0 spiro atoms. The van der Waals surface area contributed by atoms with Crippen molar-refractivity contribution in [3.8, 4) is 0 Å². The second-order valence-corrected chi connectivity index (χ2v) is 5.42. The molecule has 14 heteroatoms. The van der Waals surface area contributed by atoms with Crippen LogP contribution < -0.4 is 11.8 Å². The predicted molar refractivity (Wildman–Crippen MR) is 77.5 cm³/mol. The zero-order valence-corrected chi connectivity index (χ0v) is 13.5. The summed E-state index contributed by atoms with van der Waals surface area (Å²) in [5.41, 5.74) is 0. The van der Waals surface area contributed by atoms with E-state index in [-0.39, 0.29) is 13.2 Å². The number of hydrogen-bond acceptors (Lipinski definition) is 11. The molecule has 6 N–H and O–H groups in total. The van der Waals surface area contributed by atoms with Gasteiger partial charge in [-0.3, -0.25) is 19.9 Å². The normalized spacial score (nSPS) is 14.5. The molecule has 2 aromatic rings. The van der Waals surface area contributed by atoms with Crippen LogP contribution in [0.25, 0.3) is 0 Å². The van der Waals surface area contributed by atoms with Crippen molar-refractivity contribution in [1.29, 1.82) is 0 Å². The third-order valence-corrected chi connectivity index (χ3v) is 3.75. The first-order chi connectivity index (χ1) is 11.7. The lowest BCUT2D eigenvalue weighted by molar-refractivity contribution is 0.0254. The highest BCUT2D eigenvalue weighted by atomic mass is 31.1. The molecular formula is C10H18N8O5P+. The SMILES string of the molecule is NOC(CCO[P+](=O)OCCC(ON)c1ncn[nH]1)c1ncn[nH]1. The zero-order valence-electron chi connectivity index (χ0n) is 12.6. The minimum absolute atomic E-state index is 0.0939. The van der Waals surface area contributed by atoms with E-state index in [0.29, 0.717) is 24.5 Å². The molecule has 0 saturated carbocycles. The highest BCUT2D eigenvalue weighted by Crippen LogP contribution is 2.27. The van der Waals surface area contributed by atoms with Crippen LogP contribution in [0.3, 0.4) is 0 Å². The molecule has 13 nitrogen and oxygen atoms in total. The maximum Gasteiger partial charge on any atom is 0.697 e. The first-order valence-corrected chi connectivity index (χ1v) is 7.98. The number of nitrogens with one attached hydrogen (secondary N) is 2. The fourth-order valence-electron chi connectivity index (χ4n) is 1.78. The highest BCUT2D eigenvalue weighted by molar-refractivity contribution is 7.33. The number of nitrogens with zero attached hydrogens (tertiary/aromatic N) is 4. The van der Waals surface area contributed by atoms with Crippen molar-refractivity contribution in [2.24, 2.45) is 11.8 Å². The molecule has 2 heterocycles. The van der Waals surface area contributed by atoms with Gasteiger partial charge in [0.2, 0.25) is 0 Å². The quantitative estimate of drug-likeness (QED) is 0.293. The third kappa shape index (κ3) is 5.65. The fraction of sp³-hybridized carbons (Fsp3) is 0.600. The van der Waals surface area contributed by atoms with E-state index in [4.69, 9.17) is 30.5 Å². The molecule has 2 atom stereocenters. The predicted octanol–water partition coefficient (Wildman–Crippen LogP) is -0.0434. The Labute approximate surface area is 137 Å². The Bertz CT molecular complexity index is 532. The average Bonchev–Trinajstić information content (AvgIpc) is 3.29. The number of H-pyrrole nitrogens is 2. The van der Waals surface area contributed by atoms with E-state index < -0.39 is 20.5 Å². The summed E-state index contributed by atoms with van der Waals surface area (Å²) in [4.78, 5) is 17.3. The summed E-state index contributed by atoms with van der Waals surface area (Å²) >= 11 is 0. The van der Waals surface area contributed by atoms with Gasteiger partial charge in [0.1, 0.15) is 38.1 Å². The van der Waals surface area contributed by atoms with Gasteiger partial charge in [-0.15, -0.1) is 9.05 Å². The van der Waals surface area contributed by atoms with Crippen LogP contribution in [0.5, 0.6) is 0 Å². The van der Waals surface area contributed by atoms with Gasteiger partial charge in [0, 0.05) is 17.4 Å². The van der Waals surface area contributed by atoms with Crippen LogP contribution in [-0.4, -0.2) is 43.6 Å². The molecule has 2 aromatic heterocycles. The molecule has 0 radical (unpaired) electrons. The Hall–Kier alpha value is -1.86. The molecule has 0 aliphatic heterocycles. The second-order valence-electron chi connectivity index (χ2n) is 4.46. The van der Waals surface area contributed by atoms with Crippen LogP contribution in [-0.2, 0) is 23.3 Å². The maximum atomic E-state index is 11.6. The van der Waals surface area contributed by atoms with Crippen LogP contribution in [0.15, 0.2) is 12.7 Å². The molecule has 2 unspecified atom stereocenters. The minimum atomic E-state index is -2.30. The molecule has 0 aromatic carbocycles. The van der Waals surface area contributed by atoms with E-state index in [1.165, 1.54) is 12.7 Å². The van der Waals surface area contributed by atoms with E-state index in [2.05, 4.69) is 30.4 Å². The monoisotopic (exact) mass is 361 g/mol. The van der Waals surface area contributed by atoms with Crippen LogP contribution in [0.4, 0.5) is 0 Å². The van der Waals surface area contributed by atoms with Gasteiger partial charge in [-0.25, -0.2) is 21.8 Å². The van der Waals surface area contributed by atoms with Gasteiger partial charge in [-0.2, -0.15) is 10.2 Å². The summed E-state index contributed by atoms with van der Waals surface area (Å²) in [6, 6.07) is 0. The van der Waals surface area contributed by atoms with E-state index in [9.17, 15) is 4.57 Å². The van der Waals surface area contributed by atoms with E-state index in [0.717, 1.165) is 0 Å². The lowest BCUT2D eigenvalue weighted by Gasteiger charge is -2.09. The Kier molecular flexibility index (Phi) is 7.77. The topological polar surface area (TPSA) is 189 Å². The van der Waals surface area contributed by atoms with E-state index in [1.807, 2.05) is 0 Å². The van der Waals surface area contributed by atoms with Crippen molar-refractivity contribution in [2.75, 3.05) is 13.2 Å². The van der Waals surface area contributed by atoms with Gasteiger partial charge >= 0.3 is 8.25 Å². The third-order valence-electron chi connectivity index (χ3n) is 2.96. The van der Waals surface area contributed by atoms with Crippen LogP contribution in [0.1, 0.15) is 36.7 Å². The summed E-state index contributed by atoms with van der Waals surface area (Å²) < 4.78 is 21.8. The molecule has 0 aliphatic carbocycles. The van der Waals surface area contributed by atoms with Gasteiger partial charge in [-0.05, 0) is 0 Å². The van der Waals surface area contributed by atoms with Gasteiger partial charge < -0.3 is 0 Å². The fourth-order valence-corrected chi connectivity index (χ4v) is 2.37. The average molecular weight is 361 g/mol. The summed E-state index contributed by atoms with van der Waals surface area (Å²) in [7, 11) is -2.30. The largest absolute Gasteiger partial charge is 0.697 e. The molecule has 0 fully saturated rings. The van der Waals surface area contributed by atoms with Gasteiger partial charge in [0.05, 0.1) is 0 Å². The van der Waals surface area contributed by atoms with Gasteiger partial charge in [-0.1, -0.05) is 0 Å². The van der Waals surface area contributed by atoms with E-state index >= 15 is 0 Å². The maximum absolute atomic E-state index is 11.6. The Balaban J connectivity index is 1.63. The lowest BCUT2D eigenvalue weighted by atomic mass is 10.2. The van der Waals surface area contributed by atoms with Crippen molar-refractivity contribution in [2.45, 2.75) is 25.0 Å². The van der Waals surface area contributed by atoms with Crippen molar-refractivity contribution >= 4 is 8.25 Å². The molecule has 0 bridgehead atoms. The van der Waals surface area contributed by atoms with Crippen molar-refractivity contribution in [3.63, 3.8) is 0 Å². The highest BCUT2D eigenvalue weighted by Gasteiger charge is 2.24. The molecule has 132 valence electrons.